The molecular weight excluding hydrogens is 426 g/mol. The molecule has 9 heteroatoms. The largest absolute Gasteiger partial charge is 0.481 e. The first-order valence-corrected chi connectivity index (χ1v) is 10.6. The minimum absolute atomic E-state index is 0.0511. The van der Waals surface area contributed by atoms with E-state index < -0.39 is 18.0 Å². The molecule has 0 unspecified atom stereocenters. The lowest BCUT2D eigenvalue weighted by Crippen LogP contribution is -2.53. The number of likely N-dealkylation sites (tertiary alicyclic amines) is 1. The van der Waals surface area contributed by atoms with Gasteiger partial charge in [-0.25, -0.2) is 4.79 Å². The predicted molar refractivity (Wildman–Crippen MR) is 115 cm³/mol. The Morgan fingerprint density at radius 1 is 1.06 bits per heavy atom. The molecule has 2 aliphatic rings. The Kier molecular flexibility index (Phi) is 5.29. The van der Waals surface area contributed by atoms with Crippen molar-refractivity contribution in [3.63, 3.8) is 0 Å². The van der Waals surface area contributed by atoms with Gasteiger partial charge in [-0.2, -0.15) is 0 Å². The lowest BCUT2D eigenvalue weighted by Gasteiger charge is -2.36. The van der Waals surface area contributed by atoms with Crippen molar-refractivity contribution >= 4 is 18.0 Å². The van der Waals surface area contributed by atoms with Gasteiger partial charge in [0.1, 0.15) is 24.1 Å². The molecule has 168 valence electrons. The molecule has 0 atom stereocenters. The number of nitrogens with one attached hydrogen (secondary N) is 1. The Balaban J connectivity index is 1.18. The van der Waals surface area contributed by atoms with Crippen LogP contribution in [0.25, 0.3) is 11.1 Å². The number of carbonyl (C=O) groups is 3. The van der Waals surface area contributed by atoms with Crippen LogP contribution in [-0.4, -0.2) is 52.8 Å². The molecular formula is C24H21N3O6. The monoisotopic (exact) mass is 447 g/mol. The van der Waals surface area contributed by atoms with E-state index in [4.69, 9.17) is 14.4 Å². The van der Waals surface area contributed by atoms with Gasteiger partial charge in [0.05, 0.1) is 12.5 Å². The number of nitrogens with zero attached hydrogens (tertiary/aromatic N) is 2. The number of hydrogen-bond acceptors (Lipinski definition) is 6. The summed E-state index contributed by atoms with van der Waals surface area (Å²) in [5.74, 6) is -1.92. The molecule has 2 aromatic carbocycles. The number of aliphatic carboxylic acids is 1. The first kappa shape index (κ1) is 20.7. The van der Waals surface area contributed by atoms with E-state index in [0.29, 0.717) is 0 Å². The van der Waals surface area contributed by atoms with E-state index in [0.717, 1.165) is 22.3 Å². The van der Waals surface area contributed by atoms with Crippen LogP contribution in [0.1, 0.15) is 33.1 Å². The van der Waals surface area contributed by atoms with Crippen LogP contribution in [0, 0.1) is 5.92 Å². The van der Waals surface area contributed by atoms with Crippen LogP contribution < -0.4 is 5.32 Å². The Labute approximate surface area is 188 Å². The summed E-state index contributed by atoms with van der Waals surface area (Å²) in [6.45, 7) is 0.399. The predicted octanol–water partition coefficient (Wildman–Crippen LogP) is 2.87. The third kappa shape index (κ3) is 3.82. The number of ether oxygens (including phenoxy) is 1. The van der Waals surface area contributed by atoms with Crippen LogP contribution in [0.4, 0.5) is 4.79 Å². The summed E-state index contributed by atoms with van der Waals surface area (Å²) in [6.07, 6.45) is 0.568. The minimum atomic E-state index is -0.929. The van der Waals surface area contributed by atoms with Gasteiger partial charge in [-0.1, -0.05) is 53.7 Å². The first-order chi connectivity index (χ1) is 16.0. The molecule has 0 spiro atoms. The maximum Gasteiger partial charge on any atom is 0.407 e. The topological polar surface area (TPSA) is 122 Å². The molecule has 2 heterocycles. The highest BCUT2D eigenvalue weighted by Crippen LogP contribution is 2.44. The normalized spacial score (nSPS) is 14.8. The number of alkyl carbamates (subject to hydrolysis) is 1. The van der Waals surface area contributed by atoms with Gasteiger partial charge in [0.2, 0.25) is 0 Å². The maximum absolute atomic E-state index is 12.5. The van der Waals surface area contributed by atoms with Gasteiger partial charge in [0.15, 0.2) is 0 Å². The van der Waals surface area contributed by atoms with Crippen molar-refractivity contribution in [2.45, 2.75) is 12.5 Å². The van der Waals surface area contributed by atoms with Crippen molar-refractivity contribution in [3.8, 4) is 11.1 Å². The molecule has 1 aliphatic carbocycles. The van der Waals surface area contributed by atoms with Gasteiger partial charge in [0, 0.05) is 19.0 Å². The Morgan fingerprint density at radius 3 is 2.33 bits per heavy atom. The highest BCUT2D eigenvalue weighted by Gasteiger charge is 2.37. The molecule has 0 saturated carbocycles. The van der Waals surface area contributed by atoms with E-state index in [9.17, 15) is 14.4 Å². The summed E-state index contributed by atoms with van der Waals surface area (Å²) in [5, 5.41) is 15.4. The second-order valence-electron chi connectivity index (χ2n) is 8.10. The van der Waals surface area contributed by atoms with E-state index in [1.807, 2.05) is 36.4 Å². The summed E-state index contributed by atoms with van der Waals surface area (Å²) in [4.78, 5) is 37.3. The zero-order valence-electron chi connectivity index (χ0n) is 17.6. The summed E-state index contributed by atoms with van der Waals surface area (Å²) in [7, 11) is 0. The highest BCUT2D eigenvalue weighted by molar-refractivity contribution is 5.96. The van der Waals surface area contributed by atoms with Crippen LogP contribution in [-0.2, 0) is 16.1 Å². The molecule has 0 bridgehead atoms. The van der Waals surface area contributed by atoms with Gasteiger partial charge in [0.25, 0.3) is 5.91 Å². The molecule has 0 radical (unpaired) electrons. The molecule has 3 aromatic rings. The molecule has 33 heavy (non-hydrogen) atoms. The van der Waals surface area contributed by atoms with Crippen LogP contribution in [0.2, 0.25) is 0 Å². The van der Waals surface area contributed by atoms with Crippen molar-refractivity contribution in [1.82, 2.24) is 15.4 Å². The molecule has 1 aliphatic heterocycles. The number of benzene rings is 2. The maximum atomic E-state index is 12.5. The van der Waals surface area contributed by atoms with E-state index in [1.165, 1.54) is 11.2 Å². The van der Waals surface area contributed by atoms with Gasteiger partial charge in [-0.3, -0.25) is 9.59 Å². The second kappa shape index (κ2) is 8.42. The fourth-order valence-electron chi connectivity index (χ4n) is 4.34. The van der Waals surface area contributed by atoms with Crippen LogP contribution in [0.3, 0.4) is 0 Å². The van der Waals surface area contributed by atoms with Crippen LogP contribution in [0.15, 0.2) is 59.3 Å². The Hall–Kier alpha value is -4.14. The number of amides is 2. The molecule has 9 nitrogen and oxygen atoms in total. The fourth-order valence-corrected chi connectivity index (χ4v) is 4.34. The SMILES string of the molecule is O=C(NCc1nocc1C(=O)N1CC(C(=O)O)C1)OCC1c2ccccc2-c2ccccc21. The molecule has 2 N–H and O–H groups in total. The Bertz CT molecular complexity index is 1180. The number of fused-ring (bicyclic) bond motifs is 3. The zero-order valence-corrected chi connectivity index (χ0v) is 17.6. The number of carboxylic acids is 1. The van der Waals surface area contributed by atoms with Crippen molar-refractivity contribution in [1.29, 1.82) is 0 Å². The van der Waals surface area contributed by atoms with Gasteiger partial charge in [-0.15, -0.1) is 0 Å². The lowest BCUT2D eigenvalue weighted by molar-refractivity contribution is -0.146. The smallest absolute Gasteiger partial charge is 0.407 e. The zero-order chi connectivity index (χ0) is 22.9. The number of hydrogen-bond donors (Lipinski definition) is 2. The van der Waals surface area contributed by atoms with Gasteiger partial charge < -0.3 is 24.6 Å². The van der Waals surface area contributed by atoms with Gasteiger partial charge in [-0.05, 0) is 22.3 Å². The summed E-state index contributed by atoms with van der Waals surface area (Å²) >= 11 is 0. The quantitative estimate of drug-likeness (QED) is 0.596. The molecule has 2 amide bonds. The van der Waals surface area contributed by atoms with Gasteiger partial charge >= 0.3 is 12.1 Å². The Morgan fingerprint density at radius 2 is 1.70 bits per heavy atom. The standard InChI is InChI=1S/C24H21N3O6/c28-22(27-10-14(11-27)23(29)30)20-13-33-26-21(20)9-25-24(31)32-12-19-17-7-3-1-5-15(17)16-6-2-4-8-18(16)19/h1-8,13-14,19H,9-12H2,(H,25,31)(H,29,30). The fraction of sp³-hybridized carbons (Fsp3) is 0.250. The third-order valence-corrected chi connectivity index (χ3v) is 6.14. The molecule has 1 saturated heterocycles. The molecule has 1 aromatic heterocycles. The van der Waals surface area contributed by atoms with Crippen molar-refractivity contribution in [3.05, 3.63) is 77.2 Å². The molecule has 1 fully saturated rings. The first-order valence-electron chi connectivity index (χ1n) is 10.6. The summed E-state index contributed by atoms with van der Waals surface area (Å²) in [6, 6.07) is 16.1. The van der Waals surface area contributed by atoms with Crippen molar-refractivity contribution in [2.24, 2.45) is 5.92 Å². The van der Waals surface area contributed by atoms with E-state index in [-0.39, 0.29) is 49.3 Å². The van der Waals surface area contributed by atoms with Crippen molar-refractivity contribution in [2.75, 3.05) is 19.7 Å². The summed E-state index contributed by atoms with van der Waals surface area (Å²) < 4.78 is 10.4. The highest BCUT2D eigenvalue weighted by atomic mass is 16.5. The third-order valence-electron chi connectivity index (χ3n) is 6.14. The number of carbonyl (C=O) groups excluding carboxylic acids is 2. The second-order valence-corrected chi connectivity index (χ2v) is 8.10. The lowest BCUT2D eigenvalue weighted by atomic mass is 9.98. The minimum Gasteiger partial charge on any atom is -0.481 e. The average molecular weight is 447 g/mol. The van der Waals surface area contributed by atoms with Crippen molar-refractivity contribution < 1.29 is 28.8 Å². The molecule has 5 rings (SSSR count). The number of carboxylic acid groups (broad SMARTS) is 1. The van der Waals surface area contributed by atoms with E-state index >= 15 is 0 Å². The number of aromatic nitrogens is 1. The number of rotatable bonds is 6. The van der Waals surface area contributed by atoms with E-state index in [2.05, 4.69) is 22.6 Å². The van der Waals surface area contributed by atoms with Crippen LogP contribution >= 0.6 is 0 Å². The van der Waals surface area contributed by atoms with E-state index in [1.54, 1.807) is 0 Å². The summed E-state index contributed by atoms with van der Waals surface area (Å²) in [5.41, 5.74) is 4.97. The average Bonchev–Trinajstić information content (AvgIpc) is 3.38. The van der Waals surface area contributed by atoms with Crippen LogP contribution in [0.5, 0.6) is 0 Å².